The summed E-state index contributed by atoms with van der Waals surface area (Å²) in [6.45, 7) is 0. The molecule has 3 aromatic heterocycles. The molecule has 3 aromatic rings. The standard InChI is InChI=1S/C8H4N4O2/c13-7-6-5(10-3-11-7)4-1-9-2-12-8(4)14-6/h1-3H,(H,10,11,13). The van der Waals surface area contributed by atoms with Crippen molar-refractivity contribution in [2.75, 3.05) is 0 Å². The van der Waals surface area contributed by atoms with Crippen LogP contribution in [0.15, 0.2) is 28.1 Å². The Morgan fingerprint density at radius 2 is 2.29 bits per heavy atom. The van der Waals surface area contributed by atoms with E-state index in [1.165, 1.54) is 12.7 Å². The zero-order valence-corrected chi connectivity index (χ0v) is 6.89. The highest BCUT2D eigenvalue weighted by molar-refractivity contribution is 5.99. The van der Waals surface area contributed by atoms with E-state index >= 15 is 0 Å². The van der Waals surface area contributed by atoms with Gasteiger partial charge in [-0.05, 0) is 0 Å². The maximum Gasteiger partial charge on any atom is 0.294 e. The molecule has 6 nitrogen and oxygen atoms in total. The minimum Gasteiger partial charge on any atom is -0.430 e. The lowest BCUT2D eigenvalue weighted by molar-refractivity contribution is 0.645. The summed E-state index contributed by atoms with van der Waals surface area (Å²) in [6, 6.07) is 0. The molecule has 0 aliphatic heterocycles. The molecule has 14 heavy (non-hydrogen) atoms. The third-order valence-corrected chi connectivity index (χ3v) is 1.94. The summed E-state index contributed by atoms with van der Waals surface area (Å²) in [6.07, 6.45) is 4.26. The van der Waals surface area contributed by atoms with E-state index in [0.29, 0.717) is 16.6 Å². The Kier molecular flexibility index (Phi) is 1.22. The van der Waals surface area contributed by atoms with Crippen LogP contribution < -0.4 is 5.56 Å². The highest BCUT2D eigenvalue weighted by Crippen LogP contribution is 2.20. The Bertz CT molecular complexity index is 669. The molecule has 0 radical (unpaired) electrons. The van der Waals surface area contributed by atoms with Crippen molar-refractivity contribution in [3.63, 3.8) is 0 Å². The number of nitrogens with zero attached hydrogens (tertiary/aromatic N) is 3. The smallest absolute Gasteiger partial charge is 0.294 e. The van der Waals surface area contributed by atoms with Crippen molar-refractivity contribution >= 4 is 22.2 Å². The molecule has 0 amide bonds. The highest BCUT2D eigenvalue weighted by Gasteiger charge is 2.10. The SMILES string of the molecule is O=c1[nH]cnc2c1oc1ncncc12. The van der Waals surface area contributed by atoms with Crippen LogP contribution in [0.1, 0.15) is 0 Å². The zero-order valence-electron chi connectivity index (χ0n) is 6.89. The summed E-state index contributed by atoms with van der Waals surface area (Å²) in [4.78, 5) is 25.5. The van der Waals surface area contributed by atoms with Gasteiger partial charge in [0.05, 0.1) is 11.7 Å². The minimum absolute atomic E-state index is 0.183. The Morgan fingerprint density at radius 3 is 3.21 bits per heavy atom. The van der Waals surface area contributed by atoms with Gasteiger partial charge in [-0.15, -0.1) is 0 Å². The van der Waals surface area contributed by atoms with Gasteiger partial charge in [-0.1, -0.05) is 0 Å². The number of rotatable bonds is 0. The summed E-state index contributed by atoms with van der Waals surface area (Å²) in [5.74, 6) is 0. The number of aromatic nitrogens is 4. The van der Waals surface area contributed by atoms with Gasteiger partial charge in [0, 0.05) is 6.20 Å². The van der Waals surface area contributed by atoms with Gasteiger partial charge < -0.3 is 9.40 Å². The second-order valence-electron chi connectivity index (χ2n) is 2.75. The second-order valence-corrected chi connectivity index (χ2v) is 2.75. The first-order chi connectivity index (χ1) is 6.86. The van der Waals surface area contributed by atoms with Crippen molar-refractivity contribution in [2.45, 2.75) is 0 Å². The topological polar surface area (TPSA) is 84.7 Å². The summed E-state index contributed by atoms with van der Waals surface area (Å²) in [5.41, 5.74) is 0.736. The number of H-pyrrole nitrogens is 1. The maximum atomic E-state index is 11.3. The van der Waals surface area contributed by atoms with Crippen LogP contribution >= 0.6 is 0 Å². The van der Waals surface area contributed by atoms with Crippen molar-refractivity contribution in [3.8, 4) is 0 Å². The fourth-order valence-electron chi connectivity index (χ4n) is 1.33. The lowest BCUT2D eigenvalue weighted by atomic mass is 10.3. The second kappa shape index (κ2) is 2.38. The van der Waals surface area contributed by atoms with E-state index in [9.17, 15) is 4.79 Å². The third kappa shape index (κ3) is 0.792. The van der Waals surface area contributed by atoms with Gasteiger partial charge in [0.2, 0.25) is 11.3 Å². The first-order valence-corrected chi connectivity index (χ1v) is 3.92. The molecule has 0 spiro atoms. The summed E-state index contributed by atoms with van der Waals surface area (Å²) >= 11 is 0. The molecule has 0 saturated carbocycles. The monoisotopic (exact) mass is 188 g/mol. The van der Waals surface area contributed by atoms with Crippen molar-refractivity contribution in [2.24, 2.45) is 0 Å². The molecule has 0 atom stereocenters. The van der Waals surface area contributed by atoms with Gasteiger partial charge >= 0.3 is 0 Å². The lowest BCUT2D eigenvalue weighted by Gasteiger charge is -1.83. The van der Waals surface area contributed by atoms with E-state index in [4.69, 9.17) is 4.42 Å². The Balaban J connectivity index is 2.70. The largest absolute Gasteiger partial charge is 0.430 e. The van der Waals surface area contributed by atoms with Crippen LogP contribution in [0.25, 0.3) is 22.2 Å². The third-order valence-electron chi connectivity index (χ3n) is 1.94. The van der Waals surface area contributed by atoms with Crippen LogP contribution in [0.2, 0.25) is 0 Å². The molecular formula is C8H4N4O2. The molecule has 1 N–H and O–H groups in total. The average molecular weight is 188 g/mol. The number of nitrogens with one attached hydrogen (secondary N) is 1. The van der Waals surface area contributed by atoms with Gasteiger partial charge in [-0.25, -0.2) is 15.0 Å². The number of hydrogen-bond acceptors (Lipinski definition) is 5. The zero-order chi connectivity index (χ0) is 9.54. The quantitative estimate of drug-likeness (QED) is 0.553. The normalized spacial score (nSPS) is 11.1. The fourth-order valence-corrected chi connectivity index (χ4v) is 1.33. The molecule has 0 saturated heterocycles. The van der Waals surface area contributed by atoms with Crippen LogP contribution in [0.4, 0.5) is 0 Å². The number of furan rings is 1. The maximum absolute atomic E-state index is 11.3. The van der Waals surface area contributed by atoms with Crippen LogP contribution in [0.3, 0.4) is 0 Å². The molecule has 6 heteroatoms. The van der Waals surface area contributed by atoms with E-state index in [1.54, 1.807) is 6.20 Å². The fraction of sp³-hybridized carbons (Fsp3) is 0. The molecule has 3 rings (SSSR count). The average Bonchev–Trinajstić information content (AvgIpc) is 2.59. The van der Waals surface area contributed by atoms with Crippen molar-refractivity contribution in [1.82, 2.24) is 19.9 Å². The van der Waals surface area contributed by atoms with E-state index in [-0.39, 0.29) is 11.1 Å². The van der Waals surface area contributed by atoms with Gasteiger partial charge in [0.25, 0.3) is 5.56 Å². The predicted molar refractivity (Wildman–Crippen MR) is 47.7 cm³/mol. The van der Waals surface area contributed by atoms with E-state index in [1.807, 2.05) is 0 Å². The first kappa shape index (κ1) is 7.19. The molecule has 0 fully saturated rings. The van der Waals surface area contributed by atoms with E-state index < -0.39 is 0 Å². The Labute approximate surface area is 76.6 Å². The minimum atomic E-state index is -0.312. The summed E-state index contributed by atoms with van der Waals surface area (Å²) < 4.78 is 5.23. The lowest BCUT2D eigenvalue weighted by Crippen LogP contribution is -2.03. The number of fused-ring (bicyclic) bond motifs is 3. The van der Waals surface area contributed by atoms with Crippen LogP contribution in [0.5, 0.6) is 0 Å². The van der Waals surface area contributed by atoms with Crippen molar-refractivity contribution in [3.05, 3.63) is 29.2 Å². The summed E-state index contributed by atoms with van der Waals surface area (Å²) in [5, 5.41) is 0.647. The van der Waals surface area contributed by atoms with Crippen molar-refractivity contribution in [1.29, 1.82) is 0 Å². The Hall–Kier alpha value is -2.24. The van der Waals surface area contributed by atoms with Gasteiger partial charge in [-0.3, -0.25) is 4.79 Å². The van der Waals surface area contributed by atoms with Gasteiger partial charge in [0.15, 0.2) is 0 Å². The van der Waals surface area contributed by atoms with E-state index in [0.717, 1.165) is 0 Å². The van der Waals surface area contributed by atoms with Crippen LogP contribution in [0, 0.1) is 0 Å². The number of hydrogen-bond donors (Lipinski definition) is 1. The van der Waals surface area contributed by atoms with E-state index in [2.05, 4.69) is 19.9 Å². The first-order valence-electron chi connectivity index (χ1n) is 3.92. The molecule has 0 aliphatic rings. The molecule has 0 bridgehead atoms. The number of aromatic amines is 1. The molecule has 0 aromatic carbocycles. The van der Waals surface area contributed by atoms with Gasteiger partial charge in [0.1, 0.15) is 11.8 Å². The molecule has 0 unspecified atom stereocenters. The predicted octanol–water partition coefficient (Wildman–Crippen LogP) is 0.459. The van der Waals surface area contributed by atoms with Crippen molar-refractivity contribution < 1.29 is 4.42 Å². The summed E-state index contributed by atoms with van der Waals surface area (Å²) in [7, 11) is 0. The molecule has 0 aliphatic carbocycles. The highest BCUT2D eigenvalue weighted by atomic mass is 16.3. The van der Waals surface area contributed by atoms with Crippen LogP contribution in [-0.4, -0.2) is 19.9 Å². The molecular weight excluding hydrogens is 184 g/mol. The molecule has 68 valence electrons. The van der Waals surface area contributed by atoms with Gasteiger partial charge in [-0.2, -0.15) is 0 Å². The Morgan fingerprint density at radius 1 is 1.36 bits per heavy atom. The molecule has 3 heterocycles. The van der Waals surface area contributed by atoms with Crippen LogP contribution in [-0.2, 0) is 0 Å².